The summed E-state index contributed by atoms with van der Waals surface area (Å²) in [7, 11) is 4.55. The number of carbonyl (C=O) groups excluding carboxylic acids is 1. The molecular weight excluding hydrogens is 378 g/mol. The quantitative estimate of drug-likeness (QED) is 0.490. The second-order valence-corrected chi connectivity index (χ2v) is 6.62. The number of anilines is 1. The maximum absolute atomic E-state index is 12.2. The molecule has 0 unspecified atom stereocenters. The summed E-state index contributed by atoms with van der Waals surface area (Å²) in [6.07, 6.45) is 1.89. The van der Waals surface area contributed by atoms with Crippen LogP contribution in [-0.2, 0) is 6.54 Å². The molecule has 0 aromatic heterocycles. The fourth-order valence-corrected chi connectivity index (χ4v) is 2.90. The summed E-state index contributed by atoms with van der Waals surface area (Å²) in [6.45, 7) is 0.283. The van der Waals surface area contributed by atoms with Gasteiger partial charge < -0.3 is 24.8 Å². The highest BCUT2D eigenvalue weighted by Crippen LogP contribution is 2.38. The van der Waals surface area contributed by atoms with Gasteiger partial charge in [-0.05, 0) is 42.7 Å². The van der Waals surface area contributed by atoms with Gasteiger partial charge in [-0.15, -0.1) is 0 Å². The molecule has 0 saturated heterocycles. The molecule has 154 valence electrons. The van der Waals surface area contributed by atoms with E-state index in [0.717, 1.165) is 18.4 Å². The molecule has 2 N–H and O–H groups in total. The number of amides is 1. The number of nitro groups is 1. The van der Waals surface area contributed by atoms with Gasteiger partial charge in [-0.2, -0.15) is 0 Å². The molecular formula is C20H23N3O6. The Morgan fingerprint density at radius 2 is 1.76 bits per heavy atom. The monoisotopic (exact) mass is 401 g/mol. The molecule has 1 fully saturated rings. The average Bonchev–Trinajstić information content (AvgIpc) is 3.54. The van der Waals surface area contributed by atoms with Crippen LogP contribution in [0.3, 0.4) is 0 Å². The van der Waals surface area contributed by atoms with Crippen molar-refractivity contribution >= 4 is 17.3 Å². The lowest BCUT2D eigenvalue weighted by molar-refractivity contribution is -0.384. The van der Waals surface area contributed by atoms with E-state index in [1.807, 2.05) is 0 Å². The molecule has 9 nitrogen and oxygen atoms in total. The number of ether oxygens (including phenoxy) is 3. The van der Waals surface area contributed by atoms with Crippen molar-refractivity contribution in [2.24, 2.45) is 0 Å². The summed E-state index contributed by atoms with van der Waals surface area (Å²) in [5.41, 5.74) is 1.19. The highest BCUT2D eigenvalue weighted by Gasteiger charge is 2.25. The molecule has 2 aromatic carbocycles. The summed E-state index contributed by atoms with van der Waals surface area (Å²) >= 11 is 0. The SMILES string of the molecule is COc1cc(CNc2ccc(C(=O)NC3CC3)cc2[N+](=O)[O-])cc(OC)c1OC. The van der Waals surface area contributed by atoms with Crippen LogP contribution >= 0.6 is 0 Å². The highest BCUT2D eigenvalue weighted by atomic mass is 16.6. The smallest absolute Gasteiger partial charge is 0.293 e. The van der Waals surface area contributed by atoms with Gasteiger partial charge in [0.2, 0.25) is 5.75 Å². The van der Waals surface area contributed by atoms with Crippen LogP contribution in [0, 0.1) is 10.1 Å². The average molecular weight is 401 g/mol. The summed E-state index contributed by atoms with van der Waals surface area (Å²) in [5, 5.41) is 17.4. The first-order chi connectivity index (χ1) is 14.0. The number of methoxy groups -OCH3 is 3. The Labute approximate surface area is 168 Å². The molecule has 1 aliphatic rings. The van der Waals surface area contributed by atoms with Gasteiger partial charge >= 0.3 is 0 Å². The van der Waals surface area contributed by atoms with Crippen molar-refractivity contribution in [3.05, 3.63) is 51.6 Å². The Balaban J connectivity index is 1.81. The van der Waals surface area contributed by atoms with Crippen LogP contribution in [-0.4, -0.2) is 38.2 Å². The lowest BCUT2D eigenvalue weighted by atomic mass is 10.1. The van der Waals surface area contributed by atoms with E-state index in [4.69, 9.17) is 14.2 Å². The Hall–Kier alpha value is -3.49. The normalized spacial score (nSPS) is 12.8. The van der Waals surface area contributed by atoms with E-state index in [1.165, 1.54) is 33.5 Å². The third-order valence-electron chi connectivity index (χ3n) is 4.58. The molecule has 0 aliphatic heterocycles. The lowest BCUT2D eigenvalue weighted by Crippen LogP contribution is -2.25. The molecule has 0 atom stereocenters. The number of rotatable bonds is 9. The van der Waals surface area contributed by atoms with Crippen molar-refractivity contribution in [1.29, 1.82) is 0 Å². The van der Waals surface area contributed by atoms with Gasteiger partial charge in [-0.3, -0.25) is 14.9 Å². The maximum atomic E-state index is 12.2. The van der Waals surface area contributed by atoms with Crippen LogP contribution in [0.25, 0.3) is 0 Å². The summed E-state index contributed by atoms with van der Waals surface area (Å²) < 4.78 is 15.9. The van der Waals surface area contributed by atoms with Gasteiger partial charge in [-0.25, -0.2) is 0 Å². The van der Waals surface area contributed by atoms with E-state index in [2.05, 4.69) is 10.6 Å². The number of benzene rings is 2. The molecule has 9 heteroatoms. The Bertz CT molecular complexity index is 901. The van der Waals surface area contributed by atoms with Gasteiger partial charge in [-0.1, -0.05) is 0 Å². The fourth-order valence-electron chi connectivity index (χ4n) is 2.90. The first-order valence-corrected chi connectivity index (χ1v) is 9.09. The Morgan fingerprint density at radius 1 is 1.10 bits per heavy atom. The summed E-state index contributed by atoms with van der Waals surface area (Å²) in [4.78, 5) is 23.2. The van der Waals surface area contributed by atoms with Crippen molar-refractivity contribution in [2.45, 2.75) is 25.4 Å². The van der Waals surface area contributed by atoms with Crippen molar-refractivity contribution in [2.75, 3.05) is 26.6 Å². The van der Waals surface area contributed by atoms with Gasteiger partial charge in [0.25, 0.3) is 11.6 Å². The molecule has 1 aliphatic carbocycles. The van der Waals surface area contributed by atoms with Crippen molar-refractivity contribution < 1.29 is 23.9 Å². The second-order valence-electron chi connectivity index (χ2n) is 6.62. The van der Waals surface area contributed by atoms with Crippen molar-refractivity contribution in [3.63, 3.8) is 0 Å². The van der Waals surface area contributed by atoms with Gasteiger partial charge in [0, 0.05) is 24.2 Å². The van der Waals surface area contributed by atoms with E-state index in [-0.39, 0.29) is 29.7 Å². The fraction of sp³-hybridized carbons (Fsp3) is 0.350. The molecule has 0 bridgehead atoms. The standard InChI is InChI=1S/C20H23N3O6/c1-27-17-8-12(9-18(28-2)19(17)29-3)11-21-15-7-4-13(10-16(15)23(25)26)20(24)22-14-5-6-14/h4,7-10,14,21H,5-6,11H2,1-3H3,(H,22,24). The molecule has 29 heavy (non-hydrogen) atoms. The number of nitrogens with one attached hydrogen (secondary N) is 2. The van der Waals surface area contributed by atoms with Gasteiger partial charge in [0.15, 0.2) is 11.5 Å². The zero-order chi connectivity index (χ0) is 21.0. The second kappa shape index (κ2) is 8.68. The van der Waals surface area contributed by atoms with Crippen molar-refractivity contribution in [3.8, 4) is 17.2 Å². The molecule has 1 amide bonds. The van der Waals surface area contributed by atoms with Crippen LogP contribution in [0.2, 0.25) is 0 Å². The molecule has 1 saturated carbocycles. The van der Waals surface area contributed by atoms with Gasteiger partial charge in [0.05, 0.1) is 26.3 Å². The number of hydrogen-bond acceptors (Lipinski definition) is 7. The number of hydrogen-bond donors (Lipinski definition) is 2. The third-order valence-corrected chi connectivity index (χ3v) is 4.58. The Kier molecular flexibility index (Phi) is 6.06. The molecule has 3 rings (SSSR count). The zero-order valence-electron chi connectivity index (χ0n) is 16.5. The minimum Gasteiger partial charge on any atom is -0.493 e. The van der Waals surface area contributed by atoms with E-state index < -0.39 is 4.92 Å². The number of nitrogens with zero attached hydrogens (tertiary/aromatic N) is 1. The van der Waals surface area contributed by atoms with Crippen LogP contribution in [0.15, 0.2) is 30.3 Å². The minimum absolute atomic E-state index is 0.166. The summed E-state index contributed by atoms with van der Waals surface area (Å²) in [5.74, 6) is 1.15. The first-order valence-electron chi connectivity index (χ1n) is 9.09. The van der Waals surface area contributed by atoms with E-state index in [9.17, 15) is 14.9 Å². The third kappa shape index (κ3) is 4.68. The zero-order valence-corrected chi connectivity index (χ0v) is 16.5. The predicted octanol–water partition coefficient (Wildman–Crippen LogP) is 3.12. The van der Waals surface area contributed by atoms with Crippen LogP contribution in [0.4, 0.5) is 11.4 Å². The van der Waals surface area contributed by atoms with Crippen molar-refractivity contribution in [1.82, 2.24) is 5.32 Å². The van der Waals surface area contributed by atoms with Gasteiger partial charge in [0.1, 0.15) is 5.69 Å². The van der Waals surface area contributed by atoms with Crippen LogP contribution < -0.4 is 24.8 Å². The molecule has 0 radical (unpaired) electrons. The molecule has 0 heterocycles. The maximum Gasteiger partial charge on any atom is 0.293 e. The first kappa shape index (κ1) is 20.2. The minimum atomic E-state index is -0.509. The predicted molar refractivity (Wildman–Crippen MR) is 107 cm³/mol. The lowest BCUT2D eigenvalue weighted by Gasteiger charge is -2.15. The topological polar surface area (TPSA) is 112 Å². The van der Waals surface area contributed by atoms with Crippen LogP contribution in [0.5, 0.6) is 17.2 Å². The van der Waals surface area contributed by atoms with Crippen LogP contribution in [0.1, 0.15) is 28.8 Å². The summed E-state index contributed by atoms with van der Waals surface area (Å²) in [6, 6.07) is 8.10. The van der Waals surface area contributed by atoms with E-state index >= 15 is 0 Å². The molecule has 0 spiro atoms. The van der Waals surface area contributed by atoms with E-state index in [0.29, 0.717) is 22.9 Å². The molecule has 2 aromatic rings. The highest BCUT2D eigenvalue weighted by molar-refractivity contribution is 5.96. The number of carbonyl (C=O) groups is 1. The Morgan fingerprint density at radius 3 is 2.28 bits per heavy atom. The van der Waals surface area contributed by atoms with E-state index in [1.54, 1.807) is 18.2 Å². The largest absolute Gasteiger partial charge is 0.493 e. The number of nitro benzene ring substituents is 1.